The third-order valence-corrected chi connectivity index (χ3v) is 4.64. The van der Waals surface area contributed by atoms with Crippen LogP contribution in [0.15, 0.2) is 36.7 Å². The standard InChI is InChI=1S/C19H18F3N5O2/c20-19(21,22)11-1-2-14(16(28)7-11)17-13-3-4-23-9-15(13)18(27-26-17)25-12-8-24-5-6-29-10-12/h1-4,7,9,12,24,28H,5-6,8,10H2,(H,25,27). The molecule has 1 aliphatic rings. The Balaban J connectivity index is 1.74. The van der Waals surface area contributed by atoms with Crippen molar-refractivity contribution in [3.63, 3.8) is 0 Å². The molecule has 152 valence electrons. The normalized spacial score (nSPS) is 17.8. The Bertz CT molecular complexity index is 1020. The molecule has 0 saturated carbocycles. The fraction of sp³-hybridized carbons (Fsp3) is 0.316. The number of fused-ring (bicyclic) bond motifs is 1. The first-order valence-corrected chi connectivity index (χ1v) is 8.99. The summed E-state index contributed by atoms with van der Waals surface area (Å²) in [5, 5.41) is 26.4. The number of ether oxygens (including phenoxy) is 1. The molecule has 0 spiro atoms. The van der Waals surface area contributed by atoms with Gasteiger partial charge >= 0.3 is 6.18 Å². The molecule has 7 nitrogen and oxygen atoms in total. The van der Waals surface area contributed by atoms with E-state index in [0.717, 1.165) is 12.6 Å². The third-order valence-electron chi connectivity index (χ3n) is 4.64. The maximum atomic E-state index is 12.9. The van der Waals surface area contributed by atoms with Gasteiger partial charge in [0.2, 0.25) is 0 Å². The molecule has 3 heterocycles. The van der Waals surface area contributed by atoms with Crippen molar-refractivity contribution in [2.24, 2.45) is 0 Å². The minimum Gasteiger partial charge on any atom is -0.507 e. The molecular weight excluding hydrogens is 387 g/mol. The molecule has 1 unspecified atom stereocenters. The van der Waals surface area contributed by atoms with E-state index in [1.165, 1.54) is 6.07 Å². The van der Waals surface area contributed by atoms with Crippen molar-refractivity contribution in [3.05, 3.63) is 42.2 Å². The number of hydrogen-bond acceptors (Lipinski definition) is 7. The van der Waals surface area contributed by atoms with Crippen LogP contribution >= 0.6 is 0 Å². The number of halogens is 3. The summed E-state index contributed by atoms with van der Waals surface area (Å²) < 4.78 is 44.2. The number of phenols is 1. The lowest BCUT2D eigenvalue weighted by molar-refractivity contribution is -0.137. The molecule has 0 aliphatic carbocycles. The summed E-state index contributed by atoms with van der Waals surface area (Å²) in [7, 11) is 0. The Morgan fingerprint density at radius 2 is 2.03 bits per heavy atom. The third kappa shape index (κ3) is 4.08. The minimum atomic E-state index is -4.55. The number of rotatable bonds is 3. The van der Waals surface area contributed by atoms with E-state index in [2.05, 4.69) is 25.8 Å². The van der Waals surface area contributed by atoms with Crippen LogP contribution in [0.1, 0.15) is 5.56 Å². The fourth-order valence-corrected chi connectivity index (χ4v) is 3.20. The Labute approximate surface area is 163 Å². The second kappa shape index (κ2) is 7.80. The molecule has 3 aromatic rings. The van der Waals surface area contributed by atoms with E-state index in [1.54, 1.807) is 18.5 Å². The predicted octanol–water partition coefficient (Wildman–Crippen LogP) is 2.82. The molecule has 1 aromatic carbocycles. The quantitative estimate of drug-likeness (QED) is 0.617. The molecule has 3 N–H and O–H groups in total. The van der Waals surface area contributed by atoms with Gasteiger partial charge < -0.3 is 20.5 Å². The van der Waals surface area contributed by atoms with Crippen molar-refractivity contribution >= 4 is 16.6 Å². The van der Waals surface area contributed by atoms with Crippen LogP contribution < -0.4 is 10.6 Å². The van der Waals surface area contributed by atoms with Crippen LogP contribution in [-0.2, 0) is 10.9 Å². The number of anilines is 1. The molecule has 0 radical (unpaired) electrons. The maximum Gasteiger partial charge on any atom is 0.416 e. The van der Waals surface area contributed by atoms with Crippen LogP contribution in [-0.4, -0.2) is 52.6 Å². The Kier molecular flexibility index (Phi) is 5.20. The van der Waals surface area contributed by atoms with Crippen molar-refractivity contribution < 1.29 is 23.0 Å². The second-order valence-corrected chi connectivity index (χ2v) is 6.67. The van der Waals surface area contributed by atoms with E-state index in [0.29, 0.717) is 42.4 Å². The topological polar surface area (TPSA) is 92.2 Å². The molecule has 29 heavy (non-hydrogen) atoms. The minimum absolute atomic E-state index is 0.0273. The van der Waals surface area contributed by atoms with Crippen molar-refractivity contribution in [2.45, 2.75) is 12.2 Å². The smallest absolute Gasteiger partial charge is 0.416 e. The van der Waals surface area contributed by atoms with Gasteiger partial charge in [-0.05, 0) is 24.3 Å². The number of benzene rings is 1. The summed E-state index contributed by atoms with van der Waals surface area (Å²) >= 11 is 0. The van der Waals surface area contributed by atoms with Gasteiger partial charge in [-0.3, -0.25) is 4.98 Å². The molecule has 1 saturated heterocycles. The number of nitrogens with one attached hydrogen (secondary N) is 2. The lowest BCUT2D eigenvalue weighted by atomic mass is 10.0. The fourth-order valence-electron chi connectivity index (χ4n) is 3.20. The zero-order valence-electron chi connectivity index (χ0n) is 15.2. The average molecular weight is 405 g/mol. The SMILES string of the molecule is Oc1cc(C(F)(F)F)ccc1-c1nnc(NC2CNCCOC2)c2cnccc12. The number of aromatic nitrogens is 3. The van der Waals surface area contributed by atoms with Crippen molar-refractivity contribution in [1.29, 1.82) is 0 Å². The van der Waals surface area contributed by atoms with Gasteiger partial charge in [0.1, 0.15) is 11.4 Å². The van der Waals surface area contributed by atoms with Gasteiger partial charge in [-0.25, -0.2) is 0 Å². The highest BCUT2D eigenvalue weighted by Gasteiger charge is 2.31. The molecule has 1 atom stereocenters. The van der Waals surface area contributed by atoms with Gasteiger partial charge in [0.15, 0.2) is 5.82 Å². The van der Waals surface area contributed by atoms with Crippen LogP contribution in [0.5, 0.6) is 5.75 Å². The Hall–Kier alpha value is -2.98. The zero-order valence-corrected chi connectivity index (χ0v) is 15.2. The molecule has 1 aliphatic heterocycles. The van der Waals surface area contributed by atoms with Gasteiger partial charge in [0.25, 0.3) is 0 Å². The van der Waals surface area contributed by atoms with Gasteiger partial charge in [0.05, 0.1) is 24.8 Å². The van der Waals surface area contributed by atoms with Crippen LogP contribution in [0.3, 0.4) is 0 Å². The summed E-state index contributed by atoms with van der Waals surface area (Å²) in [5.41, 5.74) is -0.501. The van der Waals surface area contributed by atoms with E-state index < -0.39 is 17.5 Å². The maximum absolute atomic E-state index is 12.9. The van der Waals surface area contributed by atoms with Gasteiger partial charge in [0, 0.05) is 41.8 Å². The molecule has 1 fully saturated rings. The van der Waals surface area contributed by atoms with Crippen LogP contribution in [0.2, 0.25) is 0 Å². The summed E-state index contributed by atoms with van der Waals surface area (Å²) in [6.07, 6.45) is -1.40. The van der Waals surface area contributed by atoms with Crippen molar-refractivity contribution in [2.75, 3.05) is 31.6 Å². The molecule has 4 rings (SSSR count). The lowest BCUT2D eigenvalue weighted by Crippen LogP contribution is -2.34. The Morgan fingerprint density at radius 3 is 2.83 bits per heavy atom. The van der Waals surface area contributed by atoms with Crippen LogP contribution in [0.4, 0.5) is 19.0 Å². The number of hydrogen-bond donors (Lipinski definition) is 3. The number of nitrogens with zero attached hydrogens (tertiary/aromatic N) is 3. The van der Waals surface area contributed by atoms with Crippen molar-refractivity contribution in [1.82, 2.24) is 20.5 Å². The monoisotopic (exact) mass is 405 g/mol. The average Bonchev–Trinajstić information content (AvgIpc) is 2.96. The number of alkyl halides is 3. The molecular formula is C19H18F3N5O2. The molecule has 2 aromatic heterocycles. The highest BCUT2D eigenvalue weighted by molar-refractivity contribution is 6.00. The summed E-state index contributed by atoms with van der Waals surface area (Å²) in [4.78, 5) is 4.12. The lowest BCUT2D eigenvalue weighted by Gasteiger charge is -2.18. The molecule has 0 bridgehead atoms. The molecule has 0 amide bonds. The highest BCUT2D eigenvalue weighted by atomic mass is 19.4. The van der Waals surface area contributed by atoms with Crippen LogP contribution in [0, 0.1) is 0 Å². The van der Waals surface area contributed by atoms with E-state index in [9.17, 15) is 18.3 Å². The number of phenolic OH excluding ortho intramolecular Hbond substituents is 1. The highest BCUT2D eigenvalue weighted by Crippen LogP contribution is 2.38. The second-order valence-electron chi connectivity index (χ2n) is 6.67. The van der Waals surface area contributed by atoms with E-state index >= 15 is 0 Å². The first-order chi connectivity index (χ1) is 13.9. The number of pyridine rings is 1. The number of aromatic hydroxyl groups is 1. The zero-order chi connectivity index (χ0) is 20.4. The van der Waals surface area contributed by atoms with Gasteiger partial charge in [-0.2, -0.15) is 13.2 Å². The van der Waals surface area contributed by atoms with Crippen LogP contribution in [0.25, 0.3) is 22.0 Å². The summed E-state index contributed by atoms with van der Waals surface area (Å²) in [5.74, 6) is -0.0325. The first-order valence-electron chi connectivity index (χ1n) is 8.99. The van der Waals surface area contributed by atoms with Gasteiger partial charge in [-0.1, -0.05) is 0 Å². The van der Waals surface area contributed by atoms with Gasteiger partial charge in [-0.15, -0.1) is 10.2 Å². The molecule has 10 heteroatoms. The largest absolute Gasteiger partial charge is 0.507 e. The Morgan fingerprint density at radius 1 is 1.17 bits per heavy atom. The predicted molar refractivity (Wildman–Crippen MR) is 101 cm³/mol. The summed E-state index contributed by atoms with van der Waals surface area (Å²) in [6, 6.07) is 4.44. The van der Waals surface area contributed by atoms with E-state index in [4.69, 9.17) is 4.74 Å². The van der Waals surface area contributed by atoms with E-state index in [-0.39, 0.29) is 17.3 Å². The summed E-state index contributed by atoms with van der Waals surface area (Å²) in [6.45, 7) is 2.57. The van der Waals surface area contributed by atoms with E-state index in [1.807, 2.05) is 0 Å². The van der Waals surface area contributed by atoms with Crippen molar-refractivity contribution in [3.8, 4) is 17.0 Å². The first kappa shape index (κ1) is 19.3.